The van der Waals surface area contributed by atoms with Crippen molar-refractivity contribution in [1.29, 1.82) is 0 Å². The van der Waals surface area contributed by atoms with Gasteiger partial charge in [-0.05, 0) is 6.42 Å². The summed E-state index contributed by atoms with van der Waals surface area (Å²) >= 11 is 0. The van der Waals surface area contributed by atoms with Crippen LogP contribution in [-0.4, -0.2) is 100 Å². The van der Waals surface area contributed by atoms with E-state index in [1.165, 1.54) is 0 Å². The Hall–Kier alpha value is -5.48. The number of rotatable bonds is 20. The molecular weight excluding hydrogens is 630 g/mol. The molecule has 29 heteroatoms. The van der Waals surface area contributed by atoms with E-state index in [0.29, 0.717) is 6.61 Å². The predicted octanol–water partition coefficient (Wildman–Crippen LogP) is -0.631. The zero-order chi connectivity index (χ0) is 33.7. The molecule has 2 rings (SSSR count). The number of nitrogens with zero attached hydrogens (tertiary/aromatic N) is 7. The summed E-state index contributed by atoms with van der Waals surface area (Å²) in [4.78, 5) is 97.8. The monoisotopic (exact) mass is 655 g/mol. The Morgan fingerprint density at radius 1 is 0.682 bits per heavy atom. The minimum atomic E-state index is -2.00. The highest BCUT2D eigenvalue weighted by molar-refractivity contribution is 4.94. The van der Waals surface area contributed by atoms with Gasteiger partial charge < -0.3 is 43.3 Å². The summed E-state index contributed by atoms with van der Waals surface area (Å²) in [5, 5.41) is 55.2. The van der Waals surface area contributed by atoms with Crippen molar-refractivity contribution in [3.8, 4) is 0 Å². The van der Waals surface area contributed by atoms with Crippen molar-refractivity contribution in [1.82, 2.24) is 0 Å². The van der Waals surface area contributed by atoms with Gasteiger partial charge in [0.1, 0.15) is 32.0 Å². The molecule has 0 aromatic rings. The molecule has 0 aromatic heterocycles. The van der Waals surface area contributed by atoms with Crippen molar-refractivity contribution in [3.05, 3.63) is 65.6 Å². The topological polar surface area (TPSA) is 371 Å². The van der Waals surface area contributed by atoms with Crippen LogP contribution in [-0.2, 0) is 43.3 Å². The number of hydrogen-bond donors (Lipinski definition) is 0. The van der Waals surface area contributed by atoms with Gasteiger partial charge in [0.15, 0.2) is 29.8 Å². The third kappa shape index (κ3) is 17.4. The lowest BCUT2D eigenvalue weighted by Gasteiger charge is -2.21. The first kappa shape index (κ1) is 38.5. The van der Waals surface area contributed by atoms with E-state index in [-0.39, 0.29) is 13.2 Å². The minimum Gasteiger partial charge on any atom is -0.371 e. The molecule has 0 aliphatic carbocycles. The van der Waals surface area contributed by atoms with Gasteiger partial charge in [0.2, 0.25) is 0 Å². The minimum absolute atomic E-state index is 0.0477. The molecule has 0 aromatic carbocycles. The second kappa shape index (κ2) is 21.3. The fourth-order valence-corrected chi connectivity index (χ4v) is 3.19. The molecule has 0 N–H and O–H groups in total. The molecule has 2 saturated heterocycles. The molecule has 2 aliphatic heterocycles. The van der Waals surface area contributed by atoms with Gasteiger partial charge >= 0.3 is 0 Å². The quantitative estimate of drug-likeness (QED) is 0.0681. The van der Waals surface area contributed by atoms with E-state index in [4.69, 9.17) is 9.47 Å². The van der Waals surface area contributed by atoms with Crippen LogP contribution in [0, 0.1) is 65.6 Å². The van der Waals surface area contributed by atoms with Crippen molar-refractivity contribution < 1.29 is 73.9 Å². The highest BCUT2D eigenvalue weighted by Gasteiger charge is 2.51. The van der Waals surface area contributed by atoms with E-state index in [0.717, 1.165) is 19.3 Å². The fraction of sp³-hybridized carbons (Fsp3) is 1.00. The van der Waals surface area contributed by atoms with Gasteiger partial charge in [0.05, 0.1) is 13.2 Å². The van der Waals surface area contributed by atoms with Gasteiger partial charge in [-0.15, -0.1) is 65.6 Å². The first-order valence-corrected chi connectivity index (χ1v) is 11.7. The molecule has 252 valence electrons. The van der Waals surface area contributed by atoms with E-state index < -0.39 is 80.4 Å². The summed E-state index contributed by atoms with van der Waals surface area (Å²) in [5.74, 6) is 0. The van der Waals surface area contributed by atoms with Gasteiger partial charge in [-0.25, -0.2) is 0 Å². The molecule has 0 spiro atoms. The summed E-state index contributed by atoms with van der Waals surface area (Å²) in [6.45, 7) is 0.175. The average Bonchev–Trinajstić information content (AvgIpc) is 3.49. The zero-order valence-electron chi connectivity index (χ0n) is 22.2. The molecule has 0 bridgehead atoms. The summed E-state index contributed by atoms with van der Waals surface area (Å²) in [6, 6.07) is 0. The highest BCUT2D eigenvalue weighted by atomic mass is 17.0. The van der Waals surface area contributed by atoms with Crippen molar-refractivity contribution in [3.63, 3.8) is 0 Å². The van der Waals surface area contributed by atoms with Crippen molar-refractivity contribution >= 4 is 0 Å². The van der Waals surface area contributed by atoms with Crippen molar-refractivity contribution in [2.24, 2.45) is 5.34 Å². The van der Waals surface area contributed by atoms with Crippen LogP contribution in [0.5, 0.6) is 0 Å². The van der Waals surface area contributed by atoms with Gasteiger partial charge in [-0.2, -0.15) is 0 Å². The standard InChI is InChI=1S/C6H8N2O8.C5H11NO2.C4H6N4O12/c9-7(10)15-3-1-13-6-4(16-8(11)12)2-14-5(3)6;1-2-3-4-5-8-6-7;9-5(10)17-1-3(19-7(13)14)4(20-8(15)16)2-18-6(11)12/h3-6H,1-2H2;2-5H2,1H3;3-4H,1-2H2/t3-,4+,5-,6-;;3-,4+/m1../s1. The summed E-state index contributed by atoms with van der Waals surface area (Å²) in [7, 11) is 0. The number of hydrogen-bond acceptors (Lipinski definition) is 23. The normalized spacial score (nSPS) is 20.7. The van der Waals surface area contributed by atoms with Crippen molar-refractivity contribution in [2.45, 2.75) is 62.8 Å². The van der Waals surface area contributed by atoms with E-state index in [1.54, 1.807) is 0 Å². The molecular formula is C15H25N7O22. The SMILES string of the molecule is CCCCCON=O.O=[N+]([O-])OC[C@H](O[N+](=O)[O-])[C@@H](CO[N+](=O)[O-])O[N+](=O)[O-].O=[N+]([O-])O[C@H]1CO[C@H]2[C@@H]1OC[C@H]2O[N+](=O)[O-]. The van der Waals surface area contributed by atoms with E-state index >= 15 is 0 Å². The van der Waals surface area contributed by atoms with Crippen LogP contribution in [0.2, 0.25) is 0 Å². The van der Waals surface area contributed by atoms with E-state index in [1.807, 2.05) is 0 Å². The van der Waals surface area contributed by atoms with Crippen LogP contribution in [0.15, 0.2) is 5.34 Å². The molecule has 0 radical (unpaired) electrons. The number of ether oxygens (including phenoxy) is 2. The highest BCUT2D eigenvalue weighted by Crippen LogP contribution is 2.30. The molecule has 29 nitrogen and oxygen atoms in total. The Balaban J connectivity index is 0.000000685. The Kier molecular flexibility index (Phi) is 18.6. The third-order valence-electron chi connectivity index (χ3n) is 4.84. The van der Waals surface area contributed by atoms with Crippen LogP contribution in [0.4, 0.5) is 0 Å². The Bertz CT molecular complexity index is 891. The largest absolute Gasteiger partial charge is 0.371 e. The average molecular weight is 655 g/mol. The molecule has 2 aliphatic rings. The molecule has 0 saturated carbocycles. The van der Waals surface area contributed by atoms with E-state index in [9.17, 15) is 65.6 Å². The Morgan fingerprint density at radius 2 is 1.09 bits per heavy atom. The maximum absolute atomic E-state index is 10.1. The summed E-state index contributed by atoms with van der Waals surface area (Å²) in [5.41, 5.74) is 0. The molecule has 6 atom stereocenters. The van der Waals surface area contributed by atoms with Gasteiger partial charge in [0, 0.05) is 0 Å². The Morgan fingerprint density at radius 3 is 1.39 bits per heavy atom. The third-order valence-corrected chi connectivity index (χ3v) is 4.84. The molecule has 0 unspecified atom stereocenters. The van der Waals surface area contributed by atoms with Crippen LogP contribution < -0.4 is 0 Å². The number of fused-ring (bicyclic) bond motifs is 1. The molecule has 2 heterocycles. The van der Waals surface area contributed by atoms with Crippen LogP contribution in [0.1, 0.15) is 26.2 Å². The van der Waals surface area contributed by atoms with Gasteiger partial charge in [0.25, 0.3) is 30.5 Å². The second-order valence-corrected chi connectivity index (χ2v) is 7.72. The predicted molar refractivity (Wildman–Crippen MR) is 124 cm³/mol. The van der Waals surface area contributed by atoms with Gasteiger partial charge in [-0.1, -0.05) is 19.8 Å². The maximum atomic E-state index is 10.1. The summed E-state index contributed by atoms with van der Waals surface area (Å²) < 4.78 is 10.2. The van der Waals surface area contributed by atoms with Crippen LogP contribution >= 0.6 is 0 Å². The first-order valence-electron chi connectivity index (χ1n) is 11.7. The number of unbranched alkanes of at least 4 members (excludes halogenated alkanes) is 2. The van der Waals surface area contributed by atoms with Crippen LogP contribution in [0.25, 0.3) is 0 Å². The fourth-order valence-electron chi connectivity index (χ4n) is 3.19. The Labute approximate surface area is 241 Å². The first-order chi connectivity index (χ1) is 20.7. The molecule has 0 amide bonds. The molecule has 44 heavy (non-hydrogen) atoms. The second-order valence-electron chi connectivity index (χ2n) is 7.72. The molecule has 2 fully saturated rings. The lowest BCUT2D eigenvalue weighted by atomic mass is 10.1. The van der Waals surface area contributed by atoms with Crippen LogP contribution in [0.3, 0.4) is 0 Å². The smallest absolute Gasteiger partial charge is 0.294 e. The lowest BCUT2D eigenvalue weighted by molar-refractivity contribution is -0.818. The van der Waals surface area contributed by atoms with E-state index in [2.05, 4.69) is 46.1 Å². The zero-order valence-corrected chi connectivity index (χ0v) is 22.2. The maximum Gasteiger partial charge on any atom is 0.294 e. The summed E-state index contributed by atoms with van der Waals surface area (Å²) in [6.07, 6.45) is -3.94. The van der Waals surface area contributed by atoms with Gasteiger partial charge in [-0.3, -0.25) is 0 Å². The van der Waals surface area contributed by atoms with Crippen molar-refractivity contribution in [2.75, 3.05) is 33.0 Å². The lowest BCUT2D eigenvalue weighted by Crippen LogP contribution is -2.42.